The molecule has 2 N–H and O–H groups in total. The SMILES string of the molecule is Cc1ccc(N2C(=O)CCC(C(=O)Nc3cccc4[nH]ccc34)C2c2cccs2)cc1. The number of nitrogens with zero attached hydrogens (tertiary/aromatic N) is 1. The van der Waals surface area contributed by atoms with Crippen LogP contribution in [0.3, 0.4) is 0 Å². The lowest BCUT2D eigenvalue weighted by atomic mass is 9.86. The molecular weight excluding hydrogens is 406 g/mol. The van der Waals surface area contributed by atoms with Crippen LogP contribution in [-0.4, -0.2) is 16.8 Å². The van der Waals surface area contributed by atoms with E-state index in [0.29, 0.717) is 12.8 Å². The number of hydrogen-bond donors (Lipinski definition) is 2. The zero-order valence-electron chi connectivity index (χ0n) is 17.2. The number of carbonyl (C=O) groups excluding carboxylic acids is 2. The summed E-state index contributed by atoms with van der Waals surface area (Å²) >= 11 is 1.59. The van der Waals surface area contributed by atoms with E-state index in [1.165, 1.54) is 0 Å². The normalized spacial score (nSPS) is 19.0. The second-order valence-corrected chi connectivity index (χ2v) is 8.92. The molecule has 2 unspecified atom stereocenters. The molecule has 156 valence electrons. The summed E-state index contributed by atoms with van der Waals surface area (Å²) in [5, 5.41) is 6.11. The first-order chi connectivity index (χ1) is 15.1. The van der Waals surface area contributed by atoms with Crippen molar-refractivity contribution in [2.45, 2.75) is 25.8 Å². The second kappa shape index (κ2) is 8.04. The number of hydrogen-bond acceptors (Lipinski definition) is 3. The van der Waals surface area contributed by atoms with E-state index in [4.69, 9.17) is 0 Å². The van der Waals surface area contributed by atoms with Gasteiger partial charge in [-0.05, 0) is 55.1 Å². The third-order valence-corrected chi connectivity index (χ3v) is 6.88. The van der Waals surface area contributed by atoms with Gasteiger partial charge in [-0.25, -0.2) is 0 Å². The molecule has 1 saturated heterocycles. The molecule has 3 heterocycles. The monoisotopic (exact) mass is 429 g/mol. The molecule has 0 spiro atoms. The number of piperidine rings is 1. The molecule has 6 heteroatoms. The predicted octanol–water partition coefficient (Wildman–Crippen LogP) is 5.66. The molecule has 5 nitrogen and oxygen atoms in total. The van der Waals surface area contributed by atoms with Gasteiger partial charge in [0.05, 0.1) is 17.6 Å². The van der Waals surface area contributed by atoms with Gasteiger partial charge in [0, 0.05) is 34.1 Å². The molecule has 4 aromatic rings. The van der Waals surface area contributed by atoms with Crippen molar-refractivity contribution >= 4 is 45.4 Å². The van der Waals surface area contributed by atoms with Crippen LogP contribution in [0.2, 0.25) is 0 Å². The summed E-state index contributed by atoms with van der Waals surface area (Å²) in [4.78, 5) is 32.6. The number of benzene rings is 2. The highest BCUT2D eigenvalue weighted by Gasteiger charge is 2.42. The van der Waals surface area contributed by atoms with Crippen LogP contribution in [0.4, 0.5) is 11.4 Å². The zero-order valence-corrected chi connectivity index (χ0v) is 18.0. The highest BCUT2D eigenvalue weighted by atomic mass is 32.1. The van der Waals surface area contributed by atoms with Crippen molar-refractivity contribution in [3.05, 3.63) is 82.7 Å². The van der Waals surface area contributed by atoms with Crippen molar-refractivity contribution in [1.82, 2.24) is 4.98 Å². The Balaban J connectivity index is 1.52. The third kappa shape index (κ3) is 3.64. The van der Waals surface area contributed by atoms with E-state index >= 15 is 0 Å². The number of H-pyrrole nitrogens is 1. The van der Waals surface area contributed by atoms with Crippen LogP contribution in [0.1, 0.15) is 29.3 Å². The number of nitrogens with one attached hydrogen (secondary N) is 2. The third-order valence-electron chi connectivity index (χ3n) is 5.93. The lowest BCUT2D eigenvalue weighted by molar-refractivity contribution is -0.125. The number of fused-ring (bicyclic) bond motifs is 1. The standard InChI is InChI=1S/C25H23N3O2S/c1-16-7-9-17(10-8-16)28-23(29)12-11-19(24(28)22-6-3-15-31-22)25(30)27-21-5-2-4-20-18(21)13-14-26-20/h2-10,13-15,19,24,26H,11-12H2,1H3,(H,27,30). The maximum atomic E-state index is 13.5. The zero-order chi connectivity index (χ0) is 21.4. The van der Waals surface area contributed by atoms with E-state index < -0.39 is 0 Å². The van der Waals surface area contributed by atoms with Gasteiger partial charge in [-0.15, -0.1) is 11.3 Å². The Bertz CT molecular complexity index is 1230. The highest BCUT2D eigenvalue weighted by Crippen LogP contribution is 2.42. The maximum Gasteiger partial charge on any atom is 0.229 e. The molecule has 1 fully saturated rings. The number of aromatic amines is 1. The van der Waals surface area contributed by atoms with Crippen molar-refractivity contribution in [2.24, 2.45) is 5.92 Å². The first kappa shape index (κ1) is 19.6. The van der Waals surface area contributed by atoms with Gasteiger partial charge < -0.3 is 15.2 Å². The number of aromatic nitrogens is 1. The van der Waals surface area contributed by atoms with Crippen LogP contribution in [0.15, 0.2) is 72.2 Å². The molecule has 5 rings (SSSR count). The first-order valence-electron chi connectivity index (χ1n) is 10.4. The topological polar surface area (TPSA) is 65.2 Å². The lowest BCUT2D eigenvalue weighted by Crippen LogP contribution is -2.46. The van der Waals surface area contributed by atoms with Crippen LogP contribution >= 0.6 is 11.3 Å². The number of rotatable bonds is 4. The first-order valence-corrected chi connectivity index (χ1v) is 11.3. The van der Waals surface area contributed by atoms with Crippen LogP contribution in [0, 0.1) is 12.8 Å². The van der Waals surface area contributed by atoms with Crippen molar-refractivity contribution in [2.75, 3.05) is 10.2 Å². The molecule has 1 aliphatic heterocycles. The van der Waals surface area contributed by atoms with Crippen molar-refractivity contribution in [3.63, 3.8) is 0 Å². The smallest absolute Gasteiger partial charge is 0.229 e. The Kier molecular flexibility index (Phi) is 5.08. The molecule has 2 aromatic heterocycles. The molecule has 2 aromatic carbocycles. The minimum atomic E-state index is -0.341. The molecule has 0 saturated carbocycles. The summed E-state index contributed by atoms with van der Waals surface area (Å²) in [6.07, 6.45) is 2.74. The molecule has 2 atom stereocenters. The van der Waals surface area contributed by atoms with Crippen molar-refractivity contribution < 1.29 is 9.59 Å². The number of anilines is 2. The number of amides is 2. The Morgan fingerprint density at radius 3 is 2.71 bits per heavy atom. The molecule has 1 aliphatic rings. The molecule has 2 amide bonds. The summed E-state index contributed by atoms with van der Waals surface area (Å²) in [6.45, 7) is 2.02. The van der Waals surface area contributed by atoms with Gasteiger partial charge in [-0.3, -0.25) is 9.59 Å². The van der Waals surface area contributed by atoms with Gasteiger partial charge >= 0.3 is 0 Å². The molecule has 0 bridgehead atoms. The molecular formula is C25H23N3O2S. The maximum absolute atomic E-state index is 13.5. The number of aryl methyl sites for hydroxylation is 1. The summed E-state index contributed by atoms with van der Waals surface area (Å²) in [6, 6.07) is 19.4. The van der Waals surface area contributed by atoms with Gasteiger partial charge in [0.2, 0.25) is 11.8 Å². The fourth-order valence-corrected chi connectivity index (χ4v) is 5.26. The summed E-state index contributed by atoms with van der Waals surface area (Å²) in [7, 11) is 0. The molecule has 0 radical (unpaired) electrons. The van der Waals surface area contributed by atoms with Gasteiger partial charge in [0.15, 0.2) is 0 Å². The minimum Gasteiger partial charge on any atom is -0.361 e. The second-order valence-electron chi connectivity index (χ2n) is 7.94. The average molecular weight is 430 g/mol. The van der Waals surface area contributed by atoms with Crippen LogP contribution in [0.25, 0.3) is 10.9 Å². The fraction of sp³-hybridized carbons (Fsp3) is 0.200. The predicted molar refractivity (Wildman–Crippen MR) is 125 cm³/mol. The van der Waals surface area contributed by atoms with Gasteiger partial charge in [0.25, 0.3) is 0 Å². The Labute approximate surface area is 184 Å². The van der Waals surface area contributed by atoms with E-state index in [0.717, 1.165) is 32.7 Å². The summed E-state index contributed by atoms with van der Waals surface area (Å²) < 4.78 is 0. The number of carbonyl (C=O) groups is 2. The molecule has 31 heavy (non-hydrogen) atoms. The summed E-state index contributed by atoms with van der Waals surface area (Å²) in [5.41, 5.74) is 3.73. The van der Waals surface area contributed by atoms with E-state index in [-0.39, 0.29) is 23.8 Å². The summed E-state index contributed by atoms with van der Waals surface area (Å²) in [5.74, 6) is -0.345. The van der Waals surface area contributed by atoms with Crippen LogP contribution in [-0.2, 0) is 9.59 Å². The number of thiophene rings is 1. The lowest BCUT2D eigenvalue weighted by Gasteiger charge is -2.40. The molecule has 0 aliphatic carbocycles. The van der Waals surface area contributed by atoms with E-state index in [1.54, 1.807) is 11.3 Å². The quantitative estimate of drug-likeness (QED) is 0.440. The minimum absolute atomic E-state index is 0.0547. The fourth-order valence-electron chi connectivity index (χ4n) is 4.38. The van der Waals surface area contributed by atoms with Crippen LogP contribution < -0.4 is 10.2 Å². The highest BCUT2D eigenvalue weighted by molar-refractivity contribution is 7.10. The average Bonchev–Trinajstić information content (AvgIpc) is 3.47. The van der Waals surface area contributed by atoms with E-state index in [1.807, 2.05) is 84.1 Å². The van der Waals surface area contributed by atoms with Gasteiger partial charge in [0.1, 0.15) is 0 Å². The van der Waals surface area contributed by atoms with E-state index in [2.05, 4.69) is 10.3 Å². The van der Waals surface area contributed by atoms with Gasteiger partial charge in [-0.1, -0.05) is 29.8 Å². The van der Waals surface area contributed by atoms with Crippen LogP contribution in [0.5, 0.6) is 0 Å². The largest absolute Gasteiger partial charge is 0.361 e. The Morgan fingerprint density at radius 1 is 1.10 bits per heavy atom. The van der Waals surface area contributed by atoms with Gasteiger partial charge in [-0.2, -0.15) is 0 Å². The Hall–Kier alpha value is -3.38. The Morgan fingerprint density at radius 2 is 1.94 bits per heavy atom. The van der Waals surface area contributed by atoms with E-state index in [9.17, 15) is 9.59 Å². The van der Waals surface area contributed by atoms with Crippen molar-refractivity contribution in [1.29, 1.82) is 0 Å². The van der Waals surface area contributed by atoms with Crippen molar-refractivity contribution in [3.8, 4) is 0 Å².